The van der Waals surface area contributed by atoms with Crippen molar-refractivity contribution < 1.29 is 13.2 Å². The molecule has 0 unspecified atom stereocenters. The van der Waals surface area contributed by atoms with Crippen molar-refractivity contribution in [2.45, 2.75) is 11.8 Å². The van der Waals surface area contributed by atoms with Crippen LogP contribution in [-0.2, 0) is 14.8 Å². The number of piperazine rings is 1. The fraction of sp³-hybridized carbons (Fsp3) is 0.278. The summed E-state index contributed by atoms with van der Waals surface area (Å²) in [7, 11) is -3.75. The van der Waals surface area contributed by atoms with Gasteiger partial charge in [-0.3, -0.25) is 4.79 Å². The van der Waals surface area contributed by atoms with Crippen molar-refractivity contribution in [2.24, 2.45) is 0 Å². The van der Waals surface area contributed by atoms with Gasteiger partial charge in [-0.05, 0) is 43.3 Å². The van der Waals surface area contributed by atoms with Crippen molar-refractivity contribution in [3.8, 4) is 0 Å². The molecule has 27 heavy (non-hydrogen) atoms. The van der Waals surface area contributed by atoms with Gasteiger partial charge in [0.2, 0.25) is 15.9 Å². The summed E-state index contributed by atoms with van der Waals surface area (Å²) in [5.41, 5.74) is 0. The fourth-order valence-electron chi connectivity index (χ4n) is 2.76. The molecule has 0 saturated carbocycles. The highest BCUT2D eigenvalue weighted by molar-refractivity contribution is 7.89. The van der Waals surface area contributed by atoms with E-state index in [1.54, 1.807) is 28.4 Å². The number of thiophene rings is 1. The third kappa shape index (κ3) is 4.73. The van der Waals surface area contributed by atoms with Gasteiger partial charge in [0.25, 0.3) is 0 Å². The van der Waals surface area contributed by atoms with E-state index in [-0.39, 0.29) is 28.9 Å². The number of amides is 1. The summed E-state index contributed by atoms with van der Waals surface area (Å²) in [5.74, 6) is -0.126. The molecule has 1 aromatic carbocycles. The molecule has 2 aromatic rings. The Bertz CT molecular complexity index is 978. The lowest BCUT2D eigenvalue weighted by molar-refractivity contribution is -0.127. The van der Waals surface area contributed by atoms with Crippen LogP contribution in [0.2, 0.25) is 10.0 Å². The lowest BCUT2D eigenvalue weighted by atomic mass is 10.3. The second-order valence-corrected chi connectivity index (χ2v) is 10.2. The highest BCUT2D eigenvalue weighted by atomic mass is 35.5. The molecule has 1 aliphatic heterocycles. The summed E-state index contributed by atoms with van der Waals surface area (Å²) < 4.78 is 27.0. The lowest BCUT2D eigenvalue weighted by Gasteiger charge is -2.33. The smallest absolute Gasteiger partial charge is 0.246 e. The number of halogens is 2. The second-order valence-electron chi connectivity index (χ2n) is 6.09. The molecule has 2 heterocycles. The van der Waals surface area contributed by atoms with Gasteiger partial charge in [-0.15, -0.1) is 11.3 Å². The number of carbonyl (C=O) groups excluding carboxylic acids is 1. The molecule has 0 bridgehead atoms. The zero-order valence-electron chi connectivity index (χ0n) is 14.6. The molecule has 0 N–H and O–H groups in total. The standard InChI is InChI=1S/C18H18Cl2N2O3S2/c1-13-2-4-15(26-13)5-7-18(23)21-8-10-22(11-9-21)27(24,25)17-12-14(19)3-6-16(17)20/h2-7,12H,8-11H2,1H3/b7-5+. The Morgan fingerprint density at radius 1 is 1.11 bits per heavy atom. The molecular weight excluding hydrogens is 427 g/mol. The quantitative estimate of drug-likeness (QED) is 0.671. The van der Waals surface area contributed by atoms with Crippen molar-refractivity contribution in [3.05, 3.63) is 56.2 Å². The summed E-state index contributed by atoms with van der Waals surface area (Å²) >= 11 is 13.6. The summed E-state index contributed by atoms with van der Waals surface area (Å²) in [5, 5.41) is 0.438. The van der Waals surface area contributed by atoms with E-state index in [1.807, 2.05) is 19.1 Å². The van der Waals surface area contributed by atoms with Crippen LogP contribution in [0.15, 0.2) is 41.3 Å². The minimum absolute atomic E-state index is 0.00981. The molecule has 0 spiro atoms. The van der Waals surface area contributed by atoms with Crippen molar-refractivity contribution in [2.75, 3.05) is 26.2 Å². The molecule has 1 saturated heterocycles. The molecule has 144 valence electrons. The van der Waals surface area contributed by atoms with Crippen LogP contribution in [0.1, 0.15) is 9.75 Å². The Balaban J connectivity index is 1.65. The van der Waals surface area contributed by atoms with Gasteiger partial charge in [-0.25, -0.2) is 8.42 Å². The van der Waals surface area contributed by atoms with Crippen LogP contribution in [0, 0.1) is 6.92 Å². The van der Waals surface area contributed by atoms with E-state index in [0.717, 1.165) is 4.88 Å². The Kier molecular flexibility index (Phi) is 6.28. The van der Waals surface area contributed by atoms with E-state index in [1.165, 1.54) is 27.4 Å². The van der Waals surface area contributed by atoms with Gasteiger partial charge >= 0.3 is 0 Å². The van der Waals surface area contributed by atoms with Crippen LogP contribution >= 0.6 is 34.5 Å². The molecule has 9 heteroatoms. The highest BCUT2D eigenvalue weighted by Gasteiger charge is 2.31. The van der Waals surface area contributed by atoms with Gasteiger partial charge in [-0.2, -0.15) is 4.31 Å². The van der Waals surface area contributed by atoms with Crippen molar-refractivity contribution in [1.29, 1.82) is 0 Å². The second kappa shape index (κ2) is 8.32. The normalized spacial score (nSPS) is 16.2. The SMILES string of the molecule is Cc1ccc(/C=C/C(=O)N2CCN(S(=O)(=O)c3cc(Cl)ccc3Cl)CC2)s1. The van der Waals surface area contributed by atoms with Crippen LogP contribution < -0.4 is 0 Å². The highest BCUT2D eigenvalue weighted by Crippen LogP contribution is 2.28. The number of sulfonamides is 1. The van der Waals surface area contributed by atoms with Crippen molar-refractivity contribution in [1.82, 2.24) is 9.21 Å². The first kappa shape index (κ1) is 20.4. The van der Waals surface area contributed by atoms with E-state index in [9.17, 15) is 13.2 Å². The van der Waals surface area contributed by atoms with Gasteiger partial charge in [0, 0.05) is 47.0 Å². The maximum absolute atomic E-state index is 12.8. The van der Waals surface area contributed by atoms with Gasteiger partial charge in [0.15, 0.2) is 0 Å². The van der Waals surface area contributed by atoms with Gasteiger partial charge in [0.05, 0.1) is 5.02 Å². The molecule has 0 aliphatic carbocycles. The molecule has 1 aromatic heterocycles. The first-order valence-electron chi connectivity index (χ1n) is 8.26. The molecule has 0 atom stereocenters. The lowest BCUT2D eigenvalue weighted by Crippen LogP contribution is -2.50. The first-order chi connectivity index (χ1) is 12.8. The third-order valence-electron chi connectivity index (χ3n) is 4.21. The van der Waals surface area contributed by atoms with E-state index in [2.05, 4.69) is 0 Å². The van der Waals surface area contributed by atoms with Crippen LogP contribution in [0.4, 0.5) is 0 Å². The van der Waals surface area contributed by atoms with Crippen molar-refractivity contribution >= 4 is 56.5 Å². The summed E-state index contributed by atoms with van der Waals surface area (Å²) in [6.07, 6.45) is 3.32. The minimum Gasteiger partial charge on any atom is -0.337 e. The number of carbonyl (C=O) groups is 1. The van der Waals surface area contributed by atoms with Crippen LogP contribution in [0.3, 0.4) is 0 Å². The van der Waals surface area contributed by atoms with Crippen LogP contribution in [-0.4, -0.2) is 49.7 Å². The van der Waals surface area contributed by atoms with Gasteiger partial charge < -0.3 is 4.90 Å². The largest absolute Gasteiger partial charge is 0.337 e. The molecule has 1 amide bonds. The summed E-state index contributed by atoms with van der Waals surface area (Å²) in [6, 6.07) is 8.32. The molecule has 1 aliphatic rings. The molecule has 0 radical (unpaired) electrons. The zero-order chi connectivity index (χ0) is 19.6. The molecule has 1 fully saturated rings. The minimum atomic E-state index is -3.75. The monoisotopic (exact) mass is 444 g/mol. The van der Waals surface area contributed by atoms with E-state index in [4.69, 9.17) is 23.2 Å². The van der Waals surface area contributed by atoms with Gasteiger partial charge in [0.1, 0.15) is 4.90 Å². The number of hydrogen-bond acceptors (Lipinski definition) is 4. The summed E-state index contributed by atoms with van der Waals surface area (Å²) in [6.45, 7) is 3.08. The Labute approximate surface area is 172 Å². The Morgan fingerprint density at radius 3 is 2.44 bits per heavy atom. The topological polar surface area (TPSA) is 57.7 Å². The number of hydrogen-bond donors (Lipinski definition) is 0. The molecular formula is C18H18Cl2N2O3S2. The number of rotatable bonds is 4. The molecule has 3 rings (SSSR count). The maximum atomic E-state index is 12.8. The van der Waals surface area contributed by atoms with Crippen molar-refractivity contribution in [3.63, 3.8) is 0 Å². The Morgan fingerprint density at radius 2 is 1.81 bits per heavy atom. The predicted molar refractivity (Wildman–Crippen MR) is 110 cm³/mol. The number of benzene rings is 1. The number of nitrogens with zero attached hydrogens (tertiary/aromatic N) is 2. The van der Waals surface area contributed by atoms with Crippen LogP contribution in [0.5, 0.6) is 0 Å². The van der Waals surface area contributed by atoms with Crippen LogP contribution in [0.25, 0.3) is 6.08 Å². The maximum Gasteiger partial charge on any atom is 0.246 e. The van der Waals surface area contributed by atoms with E-state index in [0.29, 0.717) is 18.1 Å². The predicted octanol–water partition coefficient (Wildman–Crippen LogP) is 3.91. The van der Waals surface area contributed by atoms with E-state index >= 15 is 0 Å². The third-order valence-corrected chi connectivity index (χ3v) is 7.79. The summed E-state index contributed by atoms with van der Waals surface area (Å²) in [4.78, 5) is 16.2. The average molecular weight is 445 g/mol. The zero-order valence-corrected chi connectivity index (χ0v) is 17.7. The fourth-order valence-corrected chi connectivity index (χ4v) is 5.70. The first-order valence-corrected chi connectivity index (χ1v) is 11.3. The van der Waals surface area contributed by atoms with E-state index < -0.39 is 10.0 Å². The van der Waals surface area contributed by atoms with Gasteiger partial charge in [-0.1, -0.05) is 23.2 Å². The Hall–Kier alpha value is -1.38. The molecule has 5 nitrogen and oxygen atoms in total. The number of aryl methyl sites for hydroxylation is 1. The average Bonchev–Trinajstić information content (AvgIpc) is 3.07.